The molecule has 0 aliphatic carbocycles. The van der Waals surface area contributed by atoms with Gasteiger partial charge in [-0.05, 0) is 11.5 Å². The van der Waals surface area contributed by atoms with Gasteiger partial charge in [0, 0.05) is 16.9 Å². The fraction of sp³-hybridized carbons (Fsp3) is 0.200. The minimum absolute atomic E-state index is 0.295. The van der Waals surface area contributed by atoms with Gasteiger partial charge in [0.25, 0.3) is 0 Å². The van der Waals surface area contributed by atoms with Crippen molar-refractivity contribution >= 4 is 34.1 Å². The van der Waals surface area contributed by atoms with Gasteiger partial charge in [0.2, 0.25) is 11.1 Å². The second-order valence-electron chi connectivity index (χ2n) is 2.21. The lowest BCUT2D eigenvalue weighted by Gasteiger charge is -1.95. The number of nitrogens with one attached hydrogen (secondary N) is 1. The van der Waals surface area contributed by atoms with Crippen LogP contribution in [-0.2, 0) is 6.54 Å². The van der Waals surface area contributed by atoms with Gasteiger partial charge >= 0.3 is 0 Å². The maximum atomic E-state index is 5.35. The van der Waals surface area contributed by atoms with Crippen molar-refractivity contribution < 1.29 is 0 Å². The van der Waals surface area contributed by atoms with Gasteiger partial charge in [-0.25, -0.2) is 0 Å². The smallest absolute Gasteiger partial charge is 0.233 e. The van der Waals surface area contributed by atoms with Crippen LogP contribution in [0.15, 0.2) is 5.38 Å². The zero-order valence-electron chi connectivity index (χ0n) is 6.47. The quantitative estimate of drug-likeness (QED) is 0.777. The molecule has 0 saturated heterocycles. The second-order valence-corrected chi connectivity index (χ2v) is 3.57. The molecule has 2 aromatic rings. The van der Waals surface area contributed by atoms with E-state index in [2.05, 4.69) is 24.3 Å². The van der Waals surface area contributed by atoms with Crippen LogP contribution in [0.4, 0.5) is 11.1 Å². The number of rotatable bonds is 3. The third-order valence-corrected chi connectivity index (χ3v) is 2.51. The van der Waals surface area contributed by atoms with Gasteiger partial charge in [-0.15, -0.1) is 5.10 Å². The molecule has 2 heterocycles. The molecule has 0 aliphatic heterocycles. The van der Waals surface area contributed by atoms with Gasteiger partial charge < -0.3 is 11.1 Å². The minimum atomic E-state index is 0.295. The first-order chi connectivity index (χ1) is 6.34. The van der Waals surface area contributed by atoms with Gasteiger partial charge in [0.05, 0.1) is 12.2 Å². The molecule has 0 unspecified atom stereocenters. The van der Waals surface area contributed by atoms with Crippen molar-refractivity contribution in [1.29, 1.82) is 0 Å². The third-order valence-electron chi connectivity index (χ3n) is 1.27. The molecule has 0 radical (unpaired) electrons. The SMILES string of the molecule is Nc1nsc(NCc2csnn2)n1. The van der Waals surface area contributed by atoms with Crippen LogP contribution in [-0.4, -0.2) is 18.9 Å². The fourth-order valence-electron chi connectivity index (χ4n) is 0.734. The molecule has 13 heavy (non-hydrogen) atoms. The summed E-state index contributed by atoms with van der Waals surface area (Å²) in [7, 11) is 0. The summed E-state index contributed by atoms with van der Waals surface area (Å²) >= 11 is 2.55. The summed E-state index contributed by atoms with van der Waals surface area (Å²) in [4.78, 5) is 3.94. The summed E-state index contributed by atoms with van der Waals surface area (Å²) in [6, 6.07) is 0. The normalized spacial score (nSPS) is 10.2. The Hall–Kier alpha value is -1.28. The molecular formula is C5H6N6S2. The molecule has 0 bridgehead atoms. The van der Waals surface area contributed by atoms with E-state index in [9.17, 15) is 0 Å². The first-order valence-corrected chi connectivity index (χ1v) is 5.04. The second kappa shape index (κ2) is 3.62. The molecule has 0 aromatic carbocycles. The van der Waals surface area contributed by atoms with Crippen molar-refractivity contribution in [3.05, 3.63) is 11.1 Å². The molecular weight excluding hydrogens is 208 g/mol. The Balaban J connectivity index is 1.93. The summed E-state index contributed by atoms with van der Waals surface area (Å²) in [6.07, 6.45) is 0. The summed E-state index contributed by atoms with van der Waals surface area (Å²) in [5, 5.41) is 9.48. The van der Waals surface area contributed by atoms with Crippen molar-refractivity contribution in [3.8, 4) is 0 Å². The van der Waals surface area contributed by atoms with Crippen molar-refractivity contribution in [2.45, 2.75) is 6.54 Å². The molecule has 3 N–H and O–H groups in total. The summed E-state index contributed by atoms with van der Waals surface area (Å²) in [5.41, 5.74) is 6.24. The highest BCUT2D eigenvalue weighted by atomic mass is 32.1. The average molecular weight is 214 g/mol. The zero-order valence-corrected chi connectivity index (χ0v) is 8.10. The Morgan fingerprint density at radius 3 is 3.08 bits per heavy atom. The summed E-state index contributed by atoms with van der Waals surface area (Å²) in [6.45, 7) is 0.602. The van der Waals surface area contributed by atoms with E-state index >= 15 is 0 Å². The zero-order chi connectivity index (χ0) is 9.10. The monoisotopic (exact) mass is 214 g/mol. The molecule has 2 aromatic heterocycles. The van der Waals surface area contributed by atoms with Gasteiger partial charge in [0.15, 0.2) is 0 Å². The van der Waals surface area contributed by atoms with E-state index in [-0.39, 0.29) is 0 Å². The van der Waals surface area contributed by atoms with E-state index < -0.39 is 0 Å². The number of hydrogen-bond donors (Lipinski definition) is 2. The van der Waals surface area contributed by atoms with Crippen LogP contribution in [0.3, 0.4) is 0 Å². The number of nitrogens with zero attached hydrogens (tertiary/aromatic N) is 4. The molecule has 0 aliphatic rings. The number of nitrogens with two attached hydrogens (primary N) is 1. The number of aromatic nitrogens is 4. The first-order valence-electron chi connectivity index (χ1n) is 3.43. The Morgan fingerprint density at radius 2 is 2.46 bits per heavy atom. The molecule has 6 nitrogen and oxygen atoms in total. The molecule has 2 rings (SSSR count). The predicted octanol–water partition coefficient (Wildman–Crippen LogP) is 0.584. The van der Waals surface area contributed by atoms with Crippen LogP contribution in [0.5, 0.6) is 0 Å². The lowest BCUT2D eigenvalue weighted by Crippen LogP contribution is -1.99. The maximum Gasteiger partial charge on any atom is 0.233 e. The van der Waals surface area contributed by atoms with E-state index in [0.29, 0.717) is 17.6 Å². The average Bonchev–Trinajstić information content (AvgIpc) is 2.71. The topological polar surface area (TPSA) is 89.6 Å². The summed E-state index contributed by atoms with van der Waals surface area (Å²) < 4.78 is 7.56. The van der Waals surface area contributed by atoms with Gasteiger partial charge in [0.1, 0.15) is 0 Å². The number of hydrogen-bond acceptors (Lipinski definition) is 8. The standard InChI is InChI=1S/C5H6N6S2/c6-4-8-5(13-10-4)7-1-3-2-12-11-9-3/h2H,1H2,(H3,6,7,8,10). The van der Waals surface area contributed by atoms with E-state index in [0.717, 1.165) is 5.69 Å². The molecule has 0 saturated carbocycles. The number of anilines is 2. The van der Waals surface area contributed by atoms with Gasteiger partial charge in [-0.3, -0.25) is 0 Å². The molecule has 0 amide bonds. The van der Waals surface area contributed by atoms with Crippen LogP contribution in [0, 0.1) is 0 Å². The van der Waals surface area contributed by atoms with Crippen LogP contribution < -0.4 is 11.1 Å². The van der Waals surface area contributed by atoms with Crippen molar-refractivity contribution in [3.63, 3.8) is 0 Å². The van der Waals surface area contributed by atoms with E-state index in [1.807, 2.05) is 5.38 Å². The minimum Gasteiger partial charge on any atom is -0.367 e. The molecule has 8 heteroatoms. The Bertz CT molecular complexity index is 368. The van der Waals surface area contributed by atoms with E-state index in [4.69, 9.17) is 5.73 Å². The van der Waals surface area contributed by atoms with Gasteiger partial charge in [-0.2, -0.15) is 9.36 Å². The highest BCUT2D eigenvalue weighted by Gasteiger charge is 2.00. The molecule has 0 fully saturated rings. The largest absolute Gasteiger partial charge is 0.367 e. The number of nitrogen functional groups attached to an aromatic ring is 1. The van der Waals surface area contributed by atoms with Crippen LogP contribution in [0.2, 0.25) is 0 Å². The predicted molar refractivity (Wildman–Crippen MR) is 51.6 cm³/mol. The van der Waals surface area contributed by atoms with Crippen LogP contribution in [0.1, 0.15) is 5.69 Å². The Kier molecular flexibility index (Phi) is 2.32. The van der Waals surface area contributed by atoms with E-state index in [1.165, 1.54) is 23.1 Å². The third kappa shape index (κ3) is 2.10. The summed E-state index contributed by atoms with van der Waals surface area (Å²) in [5.74, 6) is 0.295. The van der Waals surface area contributed by atoms with Crippen molar-refractivity contribution in [1.82, 2.24) is 18.9 Å². The lowest BCUT2D eigenvalue weighted by molar-refractivity contribution is 0.996. The van der Waals surface area contributed by atoms with Crippen molar-refractivity contribution in [2.75, 3.05) is 11.1 Å². The van der Waals surface area contributed by atoms with Crippen molar-refractivity contribution in [2.24, 2.45) is 0 Å². The fourth-order valence-corrected chi connectivity index (χ4v) is 1.68. The lowest BCUT2D eigenvalue weighted by atomic mass is 10.5. The van der Waals surface area contributed by atoms with Gasteiger partial charge in [-0.1, -0.05) is 4.49 Å². The van der Waals surface area contributed by atoms with E-state index in [1.54, 1.807) is 0 Å². The maximum absolute atomic E-state index is 5.35. The molecule has 0 spiro atoms. The highest BCUT2D eigenvalue weighted by molar-refractivity contribution is 7.09. The first kappa shape index (κ1) is 8.32. The Labute approximate surface area is 82.2 Å². The van der Waals surface area contributed by atoms with Crippen LogP contribution >= 0.6 is 23.1 Å². The Morgan fingerprint density at radius 1 is 1.54 bits per heavy atom. The highest BCUT2D eigenvalue weighted by Crippen LogP contribution is 2.12. The van der Waals surface area contributed by atoms with Crippen LogP contribution in [0.25, 0.3) is 0 Å². The molecule has 68 valence electrons. The molecule has 0 atom stereocenters.